The standard InChI is InChI=1S/C13H16N2/c1-2-11(8-14-4-1)12-6-10-3-5-15-9-13(10)7-12/h1-2,4,7-8,10,13,15H,3,5-6,9H2. The van der Waals surface area contributed by atoms with Gasteiger partial charge in [-0.15, -0.1) is 0 Å². The van der Waals surface area contributed by atoms with E-state index in [1.807, 2.05) is 18.5 Å². The van der Waals surface area contributed by atoms with Crippen LogP contribution in [0.25, 0.3) is 5.57 Å². The number of fused-ring (bicyclic) bond motifs is 1. The summed E-state index contributed by atoms with van der Waals surface area (Å²) in [5, 5.41) is 3.47. The van der Waals surface area contributed by atoms with Gasteiger partial charge in [0.1, 0.15) is 0 Å². The van der Waals surface area contributed by atoms with Crippen LogP contribution in [-0.2, 0) is 0 Å². The number of nitrogens with one attached hydrogen (secondary N) is 1. The molecule has 0 amide bonds. The van der Waals surface area contributed by atoms with E-state index in [-0.39, 0.29) is 0 Å². The number of pyridine rings is 1. The molecule has 0 radical (unpaired) electrons. The fourth-order valence-electron chi connectivity index (χ4n) is 2.76. The van der Waals surface area contributed by atoms with E-state index in [0.717, 1.165) is 18.4 Å². The van der Waals surface area contributed by atoms with E-state index in [1.165, 1.54) is 30.5 Å². The number of hydrogen-bond acceptors (Lipinski definition) is 2. The fraction of sp³-hybridized carbons (Fsp3) is 0.462. The van der Waals surface area contributed by atoms with Crippen molar-refractivity contribution >= 4 is 5.57 Å². The van der Waals surface area contributed by atoms with Crippen LogP contribution in [0.5, 0.6) is 0 Å². The average Bonchev–Trinajstić information content (AvgIpc) is 2.74. The molecule has 1 aliphatic carbocycles. The maximum atomic E-state index is 4.19. The number of rotatable bonds is 1. The second kappa shape index (κ2) is 3.78. The van der Waals surface area contributed by atoms with Gasteiger partial charge < -0.3 is 5.32 Å². The van der Waals surface area contributed by atoms with Gasteiger partial charge in [-0.1, -0.05) is 12.1 Å². The van der Waals surface area contributed by atoms with Gasteiger partial charge in [-0.3, -0.25) is 4.98 Å². The van der Waals surface area contributed by atoms with Crippen LogP contribution in [0.1, 0.15) is 18.4 Å². The molecule has 1 N–H and O–H groups in total. The zero-order chi connectivity index (χ0) is 10.1. The lowest BCUT2D eigenvalue weighted by Gasteiger charge is -2.25. The highest BCUT2D eigenvalue weighted by molar-refractivity contribution is 5.67. The summed E-state index contributed by atoms with van der Waals surface area (Å²) in [6, 6.07) is 4.19. The highest BCUT2D eigenvalue weighted by Crippen LogP contribution is 2.38. The molecule has 1 saturated heterocycles. The molecule has 0 aromatic carbocycles. The van der Waals surface area contributed by atoms with Gasteiger partial charge in [0.25, 0.3) is 0 Å². The predicted octanol–water partition coefficient (Wildman–Crippen LogP) is 2.09. The first-order valence-electron chi connectivity index (χ1n) is 5.75. The van der Waals surface area contributed by atoms with Gasteiger partial charge in [0.15, 0.2) is 0 Å². The van der Waals surface area contributed by atoms with E-state index < -0.39 is 0 Å². The molecular formula is C13H16N2. The molecule has 0 spiro atoms. The lowest BCUT2D eigenvalue weighted by atomic mass is 9.89. The Morgan fingerprint density at radius 3 is 3.20 bits per heavy atom. The number of piperidine rings is 1. The molecular weight excluding hydrogens is 184 g/mol. The summed E-state index contributed by atoms with van der Waals surface area (Å²) in [7, 11) is 0. The highest BCUT2D eigenvalue weighted by atomic mass is 14.9. The smallest absolute Gasteiger partial charge is 0.0342 e. The quantitative estimate of drug-likeness (QED) is 0.751. The Morgan fingerprint density at radius 2 is 2.40 bits per heavy atom. The molecule has 2 nitrogen and oxygen atoms in total. The normalized spacial score (nSPS) is 29.7. The van der Waals surface area contributed by atoms with Crippen molar-refractivity contribution in [1.29, 1.82) is 0 Å². The van der Waals surface area contributed by atoms with Crippen LogP contribution >= 0.6 is 0 Å². The minimum atomic E-state index is 0.758. The summed E-state index contributed by atoms with van der Waals surface area (Å²) < 4.78 is 0. The third kappa shape index (κ3) is 1.70. The summed E-state index contributed by atoms with van der Waals surface area (Å²) in [5.41, 5.74) is 2.81. The van der Waals surface area contributed by atoms with Crippen molar-refractivity contribution in [3.8, 4) is 0 Å². The average molecular weight is 200 g/mol. The first-order valence-corrected chi connectivity index (χ1v) is 5.75. The molecule has 2 atom stereocenters. The molecule has 1 aromatic heterocycles. The number of allylic oxidation sites excluding steroid dienone is 1. The van der Waals surface area contributed by atoms with Crippen molar-refractivity contribution in [3.05, 3.63) is 36.2 Å². The number of nitrogens with zero attached hydrogens (tertiary/aromatic N) is 1. The molecule has 3 rings (SSSR count). The first kappa shape index (κ1) is 9.10. The second-order valence-electron chi connectivity index (χ2n) is 4.55. The molecule has 1 fully saturated rings. The van der Waals surface area contributed by atoms with Crippen molar-refractivity contribution < 1.29 is 0 Å². The van der Waals surface area contributed by atoms with Gasteiger partial charge in [0.05, 0.1) is 0 Å². The summed E-state index contributed by atoms with van der Waals surface area (Å²) in [5.74, 6) is 1.63. The summed E-state index contributed by atoms with van der Waals surface area (Å²) >= 11 is 0. The topological polar surface area (TPSA) is 24.9 Å². The molecule has 2 aliphatic rings. The molecule has 15 heavy (non-hydrogen) atoms. The lowest BCUT2D eigenvalue weighted by molar-refractivity contribution is 0.323. The monoisotopic (exact) mass is 200 g/mol. The Balaban J connectivity index is 1.84. The van der Waals surface area contributed by atoms with Crippen LogP contribution < -0.4 is 5.32 Å². The lowest BCUT2D eigenvalue weighted by Crippen LogP contribution is -2.33. The number of hydrogen-bond donors (Lipinski definition) is 1. The Bertz CT molecular complexity index is 369. The zero-order valence-corrected chi connectivity index (χ0v) is 8.82. The van der Waals surface area contributed by atoms with Gasteiger partial charge in [0.2, 0.25) is 0 Å². The van der Waals surface area contributed by atoms with Crippen LogP contribution in [0.15, 0.2) is 30.6 Å². The van der Waals surface area contributed by atoms with Crippen LogP contribution in [-0.4, -0.2) is 18.1 Å². The Kier molecular flexibility index (Phi) is 2.29. The van der Waals surface area contributed by atoms with E-state index in [9.17, 15) is 0 Å². The Labute approximate surface area is 90.4 Å². The molecule has 0 saturated carbocycles. The maximum absolute atomic E-state index is 4.19. The number of aromatic nitrogens is 1. The van der Waals surface area contributed by atoms with E-state index in [1.54, 1.807) is 0 Å². The van der Waals surface area contributed by atoms with E-state index in [4.69, 9.17) is 0 Å². The van der Waals surface area contributed by atoms with Crippen molar-refractivity contribution in [2.24, 2.45) is 11.8 Å². The third-order valence-electron chi connectivity index (χ3n) is 3.61. The van der Waals surface area contributed by atoms with Crippen molar-refractivity contribution in [2.45, 2.75) is 12.8 Å². The van der Waals surface area contributed by atoms with Crippen LogP contribution in [0.4, 0.5) is 0 Å². The summed E-state index contributed by atoms with van der Waals surface area (Å²) in [6.45, 7) is 2.35. The van der Waals surface area contributed by atoms with Gasteiger partial charge in [-0.2, -0.15) is 0 Å². The van der Waals surface area contributed by atoms with Crippen LogP contribution in [0.3, 0.4) is 0 Å². The third-order valence-corrected chi connectivity index (χ3v) is 3.61. The van der Waals surface area contributed by atoms with Gasteiger partial charge >= 0.3 is 0 Å². The Morgan fingerprint density at radius 1 is 1.40 bits per heavy atom. The van der Waals surface area contributed by atoms with Crippen molar-refractivity contribution in [2.75, 3.05) is 13.1 Å². The van der Waals surface area contributed by atoms with E-state index in [0.29, 0.717) is 0 Å². The van der Waals surface area contributed by atoms with Crippen LogP contribution in [0.2, 0.25) is 0 Å². The molecule has 78 valence electrons. The van der Waals surface area contributed by atoms with Gasteiger partial charge in [-0.05, 0) is 48.4 Å². The second-order valence-corrected chi connectivity index (χ2v) is 4.55. The minimum Gasteiger partial charge on any atom is -0.316 e. The van der Waals surface area contributed by atoms with Gasteiger partial charge in [-0.25, -0.2) is 0 Å². The molecule has 2 unspecified atom stereocenters. The molecule has 2 heterocycles. The molecule has 2 heteroatoms. The zero-order valence-electron chi connectivity index (χ0n) is 8.82. The van der Waals surface area contributed by atoms with E-state index >= 15 is 0 Å². The summed E-state index contributed by atoms with van der Waals surface area (Å²) in [6.07, 6.45) is 8.85. The molecule has 1 aliphatic heterocycles. The highest BCUT2D eigenvalue weighted by Gasteiger charge is 2.29. The minimum absolute atomic E-state index is 0.758. The van der Waals surface area contributed by atoms with E-state index in [2.05, 4.69) is 22.4 Å². The fourth-order valence-corrected chi connectivity index (χ4v) is 2.76. The molecule has 1 aromatic rings. The SMILES string of the molecule is C1=C(c2cccnc2)CC2CCNCC12. The predicted molar refractivity (Wildman–Crippen MR) is 61.3 cm³/mol. The van der Waals surface area contributed by atoms with Crippen molar-refractivity contribution in [1.82, 2.24) is 10.3 Å². The van der Waals surface area contributed by atoms with Gasteiger partial charge in [0, 0.05) is 18.9 Å². The Hall–Kier alpha value is -1.15. The van der Waals surface area contributed by atoms with Crippen molar-refractivity contribution in [3.63, 3.8) is 0 Å². The summed E-state index contributed by atoms with van der Waals surface area (Å²) in [4.78, 5) is 4.19. The van der Waals surface area contributed by atoms with Crippen LogP contribution in [0, 0.1) is 11.8 Å². The maximum Gasteiger partial charge on any atom is 0.0342 e. The molecule has 0 bridgehead atoms. The first-order chi connectivity index (χ1) is 7.43. The largest absolute Gasteiger partial charge is 0.316 e.